The van der Waals surface area contributed by atoms with E-state index in [1.807, 2.05) is 0 Å². The number of aldehydes is 1. The van der Waals surface area contributed by atoms with E-state index in [9.17, 15) is 4.79 Å². The first-order valence-corrected chi connectivity index (χ1v) is 5.09. The number of hydrogen-bond donors (Lipinski definition) is 0. The molecule has 1 aliphatic rings. The lowest BCUT2D eigenvalue weighted by Gasteiger charge is -2.34. The van der Waals surface area contributed by atoms with E-state index in [1.165, 1.54) is 6.42 Å². The largest absolute Gasteiger partial charge is 0.303 e. The van der Waals surface area contributed by atoms with Crippen LogP contribution in [0.1, 0.15) is 52.4 Å². The van der Waals surface area contributed by atoms with Gasteiger partial charge in [0, 0.05) is 6.42 Å². The maximum Gasteiger partial charge on any atom is 0.120 e. The Morgan fingerprint density at radius 2 is 2.00 bits per heavy atom. The standard InChI is InChI=1S/C8H11NO.C3H8/c9-7-8(3-1-4-8)5-2-6-10;1-3-2/h6H,1-5H2;3H2,1-2H3. The second-order valence-corrected chi connectivity index (χ2v) is 3.66. The van der Waals surface area contributed by atoms with E-state index in [0.717, 1.165) is 32.0 Å². The molecule has 0 amide bonds. The van der Waals surface area contributed by atoms with Crippen LogP contribution in [0.2, 0.25) is 0 Å². The molecule has 0 aromatic rings. The van der Waals surface area contributed by atoms with E-state index in [4.69, 9.17) is 5.26 Å². The van der Waals surface area contributed by atoms with Crippen LogP contribution in [0.25, 0.3) is 0 Å². The van der Waals surface area contributed by atoms with Crippen LogP contribution in [0.5, 0.6) is 0 Å². The molecule has 2 heteroatoms. The van der Waals surface area contributed by atoms with Crippen molar-refractivity contribution in [2.45, 2.75) is 52.4 Å². The molecule has 1 rings (SSSR count). The molecule has 1 aliphatic carbocycles. The summed E-state index contributed by atoms with van der Waals surface area (Å²) in [5.41, 5.74) is -0.110. The van der Waals surface area contributed by atoms with Gasteiger partial charge in [-0.05, 0) is 19.3 Å². The van der Waals surface area contributed by atoms with Gasteiger partial charge in [-0.25, -0.2) is 0 Å². The highest BCUT2D eigenvalue weighted by atomic mass is 16.1. The lowest BCUT2D eigenvalue weighted by atomic mass is 9.67. The van der Waals surface area contributed by atoms with Crippen LogP contribution in [0, 0.1) is 16.7 Å². The van der Waals surface area contributed by atoms with Gasteiger partial charge in [0.05, 0.1) is 11.5 Å². The van der Waals surface area contributed by atoms with Gasteiger partial charge in [-0.15, -0.1) is 0 Å². The second kappa shape index (κ2) is 6.65. The van der Waals surface area contributed by atoms with Crippen LogP contribution in [-0.2, 0) is 4.79 Å². The molecule has 0 aliphatic heterocycles. The van der Waals surface area contributed by atoms with Gasteiger partial charge in [-0.2, -0.15) is 5.26 Å². The normalized spacial score (nSPS) is 17.3. The average molecular weight is 181 g/mol. The Morgan fingerprint density at radius 1 is 1.46 bits per heavy atom. The molecule has 2 nitrogen and oxygen atoms in total. The minimum atomic E-state index is -0.110. The van der Waals surface area contributed by atoms with Crippen LogP contribution < -0.4 is 0 Å². The second-order valence-electron chi connectivity index (χ2n) is 3.66. The summed E-state index contributed by atoms with van der Waals surface area (Å²) in [4.78, 5) is 10.00. The summed E-state index contributed by atoms with van der Waals surface area (Å²) in [6.07, 6.45) is 6.62. The van der Waals surface area contributed by atoms with Gasteiger partial charge in [0.1, 0.15) is 6.29 Å². The zero-order chi connectivity index (χ0) is 10.2. The molecule has 0 radical (unpaired) electrons. The van der Waals surface area contributed by atoms with Crippen molar-refractivity contribution in [2.75, 3.05) is 0 Å². The molecule has 74 valence electrons. The first kappa shape index (κ1) is 12.2. The van der Waals surface area contributed by atoms with Crippen molar-refractivity contribution in [1.29, 1.82) is 5.26 Å². The van der Waals surface area contributed by atoms with E-state index in [1.54, 1.807) is 0 Å². The predicted molar refractivity (Wildman–Crippen MR) is 53.2 cm³/mol. The Bertz CT molecular complexity index is 177. The number of rotatable bonds is 3. The molecule has 0 atom stereocenters. The number of nitriles is 1. The summed E-state index contributed by atoms with van der Waals surface area (Å²) in [6.45, 7) is 4.25. The molecule has 0 N–H and O–H groups in total. The molecular weight excluding hydrogens is 162 g/mol. The Morgan fingerprint density at radius 3 is 2.23 bits per heavy atom. The van der Waals surface area contributed by atoms with E-state index in [-0.39, 0.29) is 5.41 Å². The molecule has 0 heterocycles. The molecule has 1 fully saturated rings. The molecule has 0 saturated heterocycles. The zero-order valence-electron chi connectivity index (χ0n) is 8.68. The Hall–Kier alpha value is -0.840. The van der Waals surface area contributed by atoms with Crippen molar-refractivity contribution in [3.63, 3.8) is 0 Å². The summed E-state index contributed by atoms with van der Waals surface area (Å²) in [5, 5.41) is 8.70. The van der Waals surface area contributed by atoms with Gasteiger partial charge >= 0.3 is 0 Å². The van der Waals surface area contributed by atoms with Gasteiger partial charge in [0.15, 0.2) is 0 Å². The Kier molecular flexibility index (Phi) is 6.22. The number of carbonyl (C=O) groups excluding carboxylic acids is 1. The average Bonchev–Trinajstić information content (AvgIpc) is 2.05. The van der Waals surface area contributed by atoms with Crippen molar-refractivity contribution >= 4 is 6.29 Å². The first-order valence-electron chi connectivity index (χ1n) is 5.09. The van der Waals surface area contributed by atoms with Gasteiger partial charge in [0.25, 0.3) is 0 Å². The van der Waals surface area contributed by atoms with Crippen LogP contribution in [0.3, 0.4) is 0 Å². The molecule has 0 aromatic carbocycles. The van der Waals surface area contributed by atoms with E-state index >= 15 is 0 Å². The molecule has 0 bridgehead atoms. The fraction of sp³-hybridized carbons (Fsp3) is 0.818. The molecule has 13 heavy (non-hydrogen) atoms. The van der Waals surface area contributed by atoms with Crippen LogP contribution in [0.4, 0.5) is 0 Å². The van der Waals surface area contributed by atoms with Crippen LogP contribution in [-0.4, -0.2) is 6.29 Å². The zero-order valence-corrected chi connectivity index (χ0v) is 8.68. The fourth-order valence-corrected chi connectivity index (χ4v) is 1.36. The van der Waals surface area contributed by atoms with E-state index in [2.05, 4.69) is 19.9 Å². The van der Waals surface area contributed by atoms with Crippen molar-refractivity contribution in [2.24, 2.45) is 5.41 Å². The van der Waals surface area contributed by atoms with Crippen molar-refractivity contribution in [3.8, 4) is 6.07 Å². The summed E-state index contributed by atoms with van der Waals surface area (Å²) in [7, 11) is 0. The molecule has 1 saturated carbocycles. The van der Waals surface area contributed by atoms with E-state index < -0.39 is 0 Å². The maximum absolute atomic E-state index is 10.00. The highest BCUT2D eigenvalue weighted by Crippen LogP contribution is 2.43. The molecule has 0 aromatic heterocycles. The molecule has 0 spiro atoms. The SMILES string of the molecule is CCC.N#CC1(CCC=O)CCC1. The monoisotopic (exact) mass is 181 g/mol. The molecular formula is C11H19NO. The van der Waals surface area contributed by atoms with Gasteiger partial charge < -0.3 is 4.79 Å². The Balaban J connectivity index is 0.000000424. The summed E-state index contributed by atoms with van der Waals surface area (Å²) >= 11 is 0. The molecule has 0 unspecified atom stereocenters. The third-order valence-electron chi connectivity index (χ3n) is 2.29. The topological polar surface area (TPSA) is 40.9 Å². The highest BCUT2D eigenvalue weighted by Gasteiger charge is 2.36. The van der Waals surface area contributed by atoms with Crippen LogP contribution in [0.15, 0.2) is 0 Å². The quantitative estimate of drug-likeness (QED) is 0.628. The predicted octanol–water partition coefficient (Wildman–Crippen LogP) is 3.08. The lowest BCUT2D eigenvalue weighted by molar-refractivity contribution is -0.108. The van der Waals surface area contributed by atoms with Gasteiger partial charge in [0.2, 0.25) is 0 Å². The highest BCUT2D eigenvalue weighted by molar-refractivity contribution is 5.49. The summed E-state index contributed by atoms with van der Waals surface area (Å²) in [6, 6.07) is 2.29. The summed E-state index contributed by atoms with van der Waals surface area (Å²) < 4.78 is 0. The van der Waals surface area contributed by atoms with Crippen molar-refractivity contribution in [3.05, 3.63) is 0 Å². The number of nitrogens with zero attached hydrogens (tertiary/aromatic N) is 1. The Labute approximate surface area is 80.9 Å². The minimum Gasteiger partial charge on any atom is -0.303 e. The maximum atomic E-state index is 10.00. The fourth-order valence-electron chi connectivity index (χ4n) is 1.36. The van der Waals surface area contributed by atoms with Gasteiger partial charge in [-0.3, -0.25) is 0 Å². The summed E-state index contributed by atoms with van der Waals surface area (Å²) in [5.74, 6) is 0. The number of hydrogen-bond acceptors (Lipinski definition) is 2. The number of carbonyl (C=O) groups is 1. The first-order chi connectivity index (χ1) is 6.24. The van der Waals surface area contributed by atoms with Gasteiger partial charge in [-0.1, -0.05) is 26.7 Å². The van der Waals surface area contributed by atoms with E-state index in [0.29, 0.717) is 6.42 Å². The minimum absolute atomic E-state index is 0.110. The smallest absolute Gasteiger partial charge is 0.120 e. The van der Waals surface area contributed by atoms with Crippen molar-refractivity contribution in [1.82, 2.24) is 0 Å². The van der Waals surface area contributed by atoms with Crippen LogP contribution >= 0.6 is 0 Å². The lowest BCUT2D eigenvalue weighted by Crippen LogP contribution is -2.27. The third-order valence-corrected chi connectivity index (χ3v) is 2.29. The van der Waals surface area contributed by atoms with Crippen molar-refractivity contribution < 1.29 is 4.79 Å². The third kappa shape index (κ3) is 4.07.